The van der Waals surface area contributed by atoms with Crippen LogP contribution in [0, 0.1) is 0 Å². The van der Waals surface area contributed by atoms with Crippen LogP contribution in [-0.2, 0) is 0 Å². The van der Waals surface area contributed by atoms with Crippen LogP contribution in [0.2, 0.25) is 0 Å². The molecule has 0 radical (unpaired) electrons. The molecular weight excluding hydrogens is 705 g/mol. The Bertz CT molecular complexity index is 2410. The van der Waals surface area contributed by atoms with Crippen LogP contribution in [0.15, 0.2) is 121 Å². The highest BCUT2D eigenvalue weighted by Crippen LogP contribution is 2.43. The van der Waals surface area contributed by atoms with Gasteiger partial charge >= 0.3 is 0 Å². The first-order valence-electron chi connectivity index (χ1n) is 18.3. The van der Waals surface area contributed by atoms with Gasteiger partial charge < -0.3 is 20.9 Å². The van der Waals surface area contributed by atoms with Crippen LogP contribution in [0.4, 0.5) is 22.7 Å². The molecule has 4 amide bonds. The molecule has 10 heteroatoms. The third kappa shape index (κ3) is 6.30. The maximum atomic E-state index is 13.9. The smallest absolute Gasteiger partial charge is 0.266 e. The molecular formula is C46H38N4O6. The van der Waals surface area contributed by atoms with Gasteiger partial charge in [0.05, 0.1) is 45.8 Å². The lowest BCUT2D eigenvalue weighted by Crippen LogP contribution is -2.30. The number of amides is 4. The summed E-state index contributed by atoms with van der Waals surface area (Å²) in [6.07, 6.45) is -0.569. The van der Waals surface area contributed by atoms with Crippen LogP contribution >= 0.6 is 0 Å². The van der Waals surface area contributed by atoms with Crippen molar-refractivity contribution in [3.05, 3.63) is 144 Å². The predicted octanol–water partition coefficient (Wildman–Crippen LogP) is 9.03. The number of nitrogens with zero attached hydrogens (tertiary/aromatic N) is 2. The van der Waals surface area contributed by atoms with E-state index in [4.69, 9.17) is 20.9 Å². The van der Waals surface area contributed by atoms with Gasteiger partial charge in [0.2, 0.25) is 0 Å². The monoisotopic (exact) mass is 742 g/mol. The second-order valence-electron chi connectivity index (χ2n) is 14.4. The van der Waals surface area contributed by atoms with Gasteiger partial charge in [-0.25, -0.2) is 9.80 Å². The Morgan fingerprint density at radius 2 is 0.696 bits per heavy atom. The molecule has 0 aromatic heterocycles. The van der Waals surface area contributed by atoms with Crippen LogP contribution < -0.4 is 30.7 Å². The van der Waals surface area contributed by atoms with Gasteiger partial charge in [0, 0.05) is 11.4 Å². The summed E-state index contributed by atoms with van der Waals surface area (Å²) in [5.41, 5.74) is 19.5. The molecule has 6 aromatic carbocycles. The highest BCUT2D eigenvalue weighted by molar-refractivity contribution is 6.36. The van der Waals surface area contributed by atoms with E-state index in [1.165, 1.54) is 0 Å². The fourth-order valence-corrected chi connectivity index (χ4v) is 7.08. The van der Waals surface area contributed by atoms with E-state index in [0.29, 0.717) is 67.6 Å². The van der Waals surface area contributed by atoms with Gasteiger partial charge in [-0.05, 0) is 134 Å². The van der Waals surface area contributed by atoms with Crippen molar-refractivity contribution in [2.45, 2.75) is 39.9 Å². The standard InChI is InChI=1S/C46H38N4O6/c1-25(2)55-41-23-31(11-19-39(41)49-43(51)35-17-9-29(21-37(35)45(49)53)27-5-13-33(47)14-6-27)32-12-20-40(42(24-32)56-26(3)4)50-44(52)36-18-10-30(22-38(36)46(50)54)28-7-15-34(48)16-8-28/h5-26H,47-48H2,1-4H3. The largest absolute Gasteiger partial charge is 0.489 e. The van der Waals surface area contributed by atoms with Crippen LogP contribution in [0.1, 0.15) is 69.1 Å². The number of nitrogen functional groups attached to an aromatic ring is 2. The molecule has 0 saturated heterocycles. The normalized spacial score (nSPS) is 13.5. The lowest BCUT2D eigenvalue weighted by molar-refractivity contribution is 0.0908. The zero-order chi connectivity index (χ0) is 39.4. The maximum absolute atomic E-state index is 13.9. The minimum absolute atomic E-state index is 0.284. The molecule has 56 heavy (non-hydrogen) atoms. The number of fused-ring (bicyclic) bond motifs is 2. The SMILES string of the molecule is CC(C)Oc1cc(-c2ccc(N3C(=O)c4ccc(-c5ccc(N)cc5)cc4C3=O)c(OC(C)C)c2)ccc1N1C(=O)c2ccc(-c3ccc(N)cc3)cc2C1=O. The molecule has 2 aliphatic rings. The summed E-state index contributed by atoms with van der Waals surface area (Å²) in [6.45, 7) is 7.45. The van der Waals surface area contributed by atoms with Gasteiger partial charge in [0.25, 0.3) is 23.6 Å². The first-order valence-corrected chi connectivity index (χ1v) is 18.3. The average molecular weight is 743 g/mol. The van der Waals surface area contributed by atoms with E-state index in [1.54, 1.807) is 84.9 Å². The van der Waals surface area contributed by atoms with Gasteiger partial charge in [-0.3, -0.25) is 19.2 Å². The van der Waals surface area contributed by atoms with E-state index < -0.39 is 23.6 Å². The summed E-state index contributed by atoms with van der Waals surface area (Å²) in [4.78, 5) is 57.8. The minimum Gasteiger partial charge on any atom is -0.489 e. The Morgan fingerprint density at radius 1 is 0.393 bits per heavy atom. The van der Waals surface area contributed by atoms with Gasteiger partial charge in [-0.2, -0.15) is 0 Å². The first-order chi connectivity index (χ1) is 26.9. The zero-order valence-corrected chi connectivity index (χ0v) is 31.2. The lowest BCUT2D eigenvalue weighted by atomic mass is 10.00. The molecule has 0 unspecified atom stereocenters. The Hall–Kier alpha value is -7.20. The Labute approximate surface area is 323 Å². The molecule has 10 nitrogen and oxygen atoms in total. The van der Waals surface area contributed by atoms with E-state index in [9.17, 15) is 19.2 Å². The topological polar surface area (TPSA) is 145 Å². The molecule has 0 aliphatic carbocycles. The number of nitrogens with two attached hydrogens (primary N) is 2. The van der Waals surface area contributed by atoms with Gasteiger partial charge in [0.15, 0.2) is 0 Å². The van der Waals surface area contributed by atoms with Crippen molar-refractivity contribution in [2.24, 2.45) is 0 Å². The molecule has 0 atom stereocenters. The highest BCUT2D eigenvalue weighted by atomic mass is 16.5. The summed E-state index contributed by atoms with van der Waals surface area (Å²) in [5, 5.41) is 0. The molecule has 2 heterocycles. The predicted molar refractivity (Wildman–Crippen MR) is 218 cm³/mol. The second-order valence-corrected chi connectivity index (χ2v) is 14.4. The van der Waals surface area contributed by atoms with Gasteiger partial charge in [0.1, 0.15) is 11.5 Å². The van der Waals surface area contributed by atoms with Crippen LogP contribution in [0.5, 0.6) is 11.5 Å². The number of benzene rings is 6. The van der Waals surface area contributed by atoms with Crippen LogP contribution in [0.3, 0.4) is 0 Å². The highest BCUT2D eigenvalue weighted by Gasteiger charge is 2.40. The molecule has 278 valence electrons. The number of carbonyl (C=O) groups is 4. The second kappa shape index (κ2) is 13.9. The molecule has 0 fully saturated rings. The summed E-state index contributed by atoms with van der Waals surface area (Å²) >= 11 is 0. The Kier molecular flexibility index (Phi) is 8.89. The molecule has 2 aliphatic heterocycles. The molecule has 0 bridgehead atoms. The Morgan fingerprint density at radius 3 is 1.05 bits per heavy atom. The number of anilines is 4. The maximum Gasteiger partial charge on any atom is 0.266 e. The zero-order valence-electron chi connectivity index (χ0n) is 31.2. The summed E-state index contributed by atoms with van der Waals surface area (Å²) in [5.74, 6) is -1.15. The van der Waals surface area contributed by atoms with Crippen molar-refractivity contribution in [1.82, 2.24) is 0 Å². The van der Waals surface area contributed by atoms with E-state index in [-0.39, 0.29) is 12.2 Å². The van der Waals surface area contributed by atoms with Gasteiger partial charge in [-0.1, -0.05) is 48.5 Å². The van der Waals surface area contributed by atoms with Crippen molar-refractivity contribution in [1.29, 1.82) is 0 Å². The molecule has 0 saturated carbocycles. The van der Waals surface area contributed by atoms with Gasteiger partial charge in [-0.15, -0.1) is 0 Å². The first kappa shape index (κ1) is 35.8. The number of imide groups is 2. The van der Waals surface area contributed by atoms with E-state index in [0.717, 1.165) is 32.1 Å². The quantitative estimate of drug-likeness (QED) is 0.110. The summed E-state index contributed by atoms with van der Waals surface area (Å²) < 4.78 is 12.5. The lowest BCUT2D eigenvalue weighted by Gasteiger charge is -2.22. The van der Waals surface area contributed by atoms with Crippen LogP contribution in [-0.4, -0.2) is 35.8 Å². The minimum atomic E-state index is -0.456. The van der Waals surface area contributed by atoms with E-state index >= 15 is 0 Å². The van der Waals surface area contributed by atoms with Crippen LogP contribution in [0.25, 0.3) is 33.4 Å². The van der Waals surface area contributed by atoms with Crippen molar-refractivity contribution in [3.63, 3.8) is 0 Å². The number of hydrogen-bond acceptors (Lipinski definition) is 8. The third-order valence-corrected chi connectivity index (χ3v) is 9.72. The number of rotatable bonds is 9. The number of carbonyl (C=O) groups excluding carboxylic acids is 4. The van der Waals surface area contributed by atoms with Crippen molar-refractivity contribution < 1.29 is 28.7 Å². The fourth-order valence-electron chi connectivity index (χ4n) is 7.08. The third-order valence-electron chi connectivity index (χ3n) is 9.72. The average Bonchev–Trinajstić information content (AvgIpc) is 3.57. The summed E-state index contributed by atoms with van der Waals surface area (Å²) in [7, 11) is 0. The van der Waals surface area contributed by atoms with Crippen molar-refractivity contribution >= 4 is 46.4 Å². The number of ether oxygens (including phenoxy) is 2. The molecule has 8 rings (SSSR count). The van der Waals surface area contributed by atoms with Crippen molar-refractivity contribution in [3.8, 4) is 44.9 Å². The summed E-state index contributed by atoms with van der Waals surface area (Å²) in [6, 6.07) is 35.5. The Balaban J connectivity index is 1.13. The molecule has 0 spiro atoms. The van der Waals surface area contributed by atoms with E-state index in [1.807, 2.05) is 64.1 Å². The molecule has 4 N–H and O–H groups in total. The number of hydrogen-bond donors (Lipinski definition) is 2. The van der Waals surface area contributed by atoms with E-state index in [2.05, 4.69) is 0 Å². The van der Waals surface area contributed by atoms with Crippen molar-refractivity contribution in [2.75, 3.05) is 21.3 Å². The molecule has 6 aromatic rings. The fraction of sp³-hybridized carbons (Fsp3) is 0.130.